The summed E-state index contributed by atoms with van der Waals surface area (Å²) in [6, 6.07) is 0. The van der Waals surface area contributed by atoms with Gasteiger partial charge in [0.05, 0.1) is 12.8 Å². The Hall–Kier alpha value is -1.99. The van der Waals surface area contributed by atoms with Crippen LogP contribution in [0.1, 0.15) is 0 Å². The summed E-state index contributed by atoms with van der Waals surface area (Å²) in [4.78, 5) is 14.8. The van der Waals surface area contributed by atoms with E-state index in [4.69, 9.17) is 16.9 Å². The summed E-state index contributed by atoms with van der Waals surface area (Å²) in [5.74, 6) is 0.303. The van der Waals surface area contributed by atoms with Crippen LogP contribution in [0.25, 0.3) is 0 Å². The fourth-order valence-corrected chi connectivity index (χ4v) is 1.99. The van der Waals surface area contributed by atoms with Crippen molar-refractivity contribution in [2.75, 3.05) is 18.9 Å². The summed E-state index contributed by atoms with van der Waals surface area (Å²) in [7, 11) is 0. The minimum atomic E-state index is -2.37. The maximum Gasteiger partial charge on any atom is 0.352 e. The smallest absolute Gasteiger partial charge is 0.352 e. The number of aliphatic hydroxyl groups is 3. The van der Waals surface area contributed by atoms with Gasteiger partial charge in [0.25, 0.3) is 0 Å². The van der Waals surface area contributed by atoms with Crippen molar-refractivity contribution in [3.63, 3.8) is 0 Å². The third-order valence-electron chi connectivity index (χ3n) is 3.23. The van der Waals surface area contributed by atoms with Crippen molar-refractivity contribution in [1.82, 2.24) is 9.55 Å². The number of nitrogens with two attached hydrogens (primary N) is 1. The number of anilines is 1. The zero-order valence-electron chi connectivity index (χ0n) is 10.2. The van der Waals surface area contributed by atoms with E-state index < -0.39 is 48.0 Å². The standard InChI is InChI=1S/C11H12FN3O5/c1-2-10(4-16)8(17)11(19,5-20-10)15-3-6(12)7(13)14-9(15)18/h1,3,8,16-17,19H,4-5H2,(H2,13,14,18)/t8-,10-,11+/m1/s1. The number of halogens is 1. The second-order valence-electron chi connectivity index (χ2n) is 4.39. The Morgan fingerprint density at radius 1 is 1.75 bits per heavy atom. The highest BCUT2D eigenvalue weighted by atomic mass is 19.1. The Labute approximate surface area is 112 Å². The number of nitrogen functional groups attached to an aromatic ring is 1. The molecular weight excluding hydrogens is 273 g/mol. The van der Waals surface area contributed by atoms with Gasteiger partial charge in [0.2, 0.25) is 0 Å². The SMILES string of the molecule is C#C[C@]1(CO)OC[C@@](O)(n2cc(F)c(N)nc2=O)[C@@H]1O. The van der Waals surface area contributed by atoms with Crippen LogP contribution in [0.15, 0.2) is 11.0 Å². The van der Waals surface area contributed by atoms with E-state index in [0.29, 0.717) is 10.8 Å². The van der Waals surface area contributed by atoms with Gasteiger partial charge in [-0.3, -0.25) is 4.57 Å². The van der Waals surface area contributed by atoms with Gasteiger partial charge in [-0.1, -0.05) is 5.92 Å². The molecule has 0 radical (unpaired) electrons. The molecule has 0 amide bonds. The molecule has 2 rings (SSSR count). The molecule has 0 unspecified atom stereocenters. The molecule has 20 heavy (non-hydrogen) atoms. The van der Waals surface area contributed by atoms with Crippen molar-refractivity contribution in [3.8, 4) is 12.3 Å². The highest BCUT2D eigenvalue weighted by Gasteiger charge is 2.58. The average molecular weight is 285 g/mol. The van der Waals surface area contributed by atoms with Crippen LogP contribution >= 0.6 is 0 Å². The summed E-state index contributed by atoms with van der Waals surface area (Å²) in [6.45, 7) is -1.43. The molecule has 1 fully saturated rings. The van der Waals surface area contributed by atoms with E-state index in [1.165, 1.54) is 0 Å². The topological polar surface area (TPSA) is 131 Å². The van der Waals surface area contributed by atoms with Gasteiger partial charge in [-0.05, 0) is 0 Å². The predicted octanol–water partition coefficient (Wildman–Crippen LogP) is -2.63. The van der Waals surface area contributed by atoms with Crippen LogP contribution in [-0.4, -0.2) is 49.8 Å². The van der Waals surface area contributed by atoms with Gasteiger partial charge in [0.1, 0.15) is 12.7 Å². The predicted molar refractivity (Wildman–Crippen MR) is 63.7 cm³/mol. The molecular formula is C11H12FN3O5. The Morgan fingerprint density at radius 3 is 2.90 bits per heavy atom. The summed E-state index contributed by atoms with van der Waals surface area (Å²) < 4.78 is 18.8. The number of hydrogen-bond acceptors (Lipinski definition) is 7. The van der Waals surface area contributed by atoms with Crippen molar-refractivity contribution in [2.45, 2.75) is 17.4 Å². The van der Waals surface area contributed by atoms with Crippen molar-refractivity contribution in [1.29, 1.82) is 0 Å². The first-order valence-electron chi connectivity index (χ1n) is 5.49. The number of hydrogen-bond donors (Lipinski definition) is 4. The van der Waals surface area contributed by atoms with E-state index in [2.05, 4.69) is 4.98 Å². The number of ether oxygens (including phenoxy) is 1. The van der Waals surface area contributed by atoms with E-state index in [1.807, 2.05) is 5.92 Å². The maximum atomic E-state index is 13.4. The second-order valence-corrected chi connectivity index (χ2v) is 4.39. The molecule has 1 saturated heterocycles. The number of terminal acetylenes is 1. The Bertz CT molecular complexity index is 642. The molecule has 0 spiro atoms. The van der Waals surface area contributed by atoms with E-state index in [0.717, 1.165) is 0 Å². The molecule has 1 aliphatic rings. The van der Waals surface area contributed by atoms with Gasteiger partial charge in [0.15, 0.2) is 23.0 Å². The normalized spacial score (nSPS) is 33.0. The molecule has 0 bridgehead atoms. The minimum absolute atomic E-state index is 0.429. The monoisotopic (exact) mass is 285 g/mol. The van der Waals surface area contributed by atoms with Gasteiger partial charge < -0.3 is 25.8 Å². The molecule has 1 aromatic heterocycles. The fourth-order valence-electron chi connectivity index (χ4n) is 1.99. The van der Waals surface area contributed by atoms with E-state index in [1.54, 1.807) is 0 Å². The first kappa shape index (κ1) is 14.4. The van der Waals surface area contributed by atoms with Gasteiger partial charge in [-0.25, -0.2) is 9.18 Å². The zero-order chi connectivity index (χ0) is 15.1. The van der Waals surface area contributed by atoms with Crippen molar-refractivity contribution in [2.24, 2.45) is 0 Å². The van der Waals surface area contributed by atoms with Crippen LogP contribution in [0.4, 0.5) is 10.2 Å². The number of nitrogens with zero attached hydrogens (tertiary/aromatic N) is 2. The van der Waals surface area contributed by atoms with Crippen LogP contribution < -0.4 is 11.4 Å². The third kappa shape index (κ3) is 1.78. The molecule has 1 aromatic rings. The molecule has 2 heterocycles. The molecule has 1 aliphatic heterocycles. The Kier molecular flexibility index (Phi) is 3.27. The summed E-state index contributed by atoms with van der Waals surface area (Å²) in [5, 5.41) is 29.6. The number of rotatable bonds is 2. The Balaban J connectivity index is 2.57. The summed E-state index contributed by atoms with van der Waals surface area (Å²) in [5.41, 5.74) is -0.237. The molecule has 8 nitrogen and oxygen atoms in total. The van der Waals surface area contributed by atoms with Crippen LogP contribution in [0.2, 0.25) is 0 Å². The number of aliphatic hydroxyl groups excluding tert-OH is 2. The van der Waals surface area contributed by atoms with Crippen LogP contribution in [0, 0.1) is 18.2 Å². The summed E-state index contributed by atoms with van der Waals surface area (Å²) in [6.07, 6.45) is 3.87. The lowest BCUT2D eigenvalue weighted by atomic mass is 9.93. The van der Waals surface area contributed by atoms with Crippen molar-refractivity contribution < 1.29 is 24.4 Å². The van der Waals surface area contributed by atoms with Crippen molar-refractivity contribution in [3.05, 3.63) is 22.5 Å². The molecule has 0 aliphatic carbocycles. The Morgan fingerprint density at radius 2 is 2.40 bits per heavy atom. The number of aromatic nitrogens is 2. The fraction of sp³-hybridized carbons (Fsp3) is 0.455. The second kappa shape index (κ2) is 4.53. The lowest BCUT2D eigenvalue weighted by molar-refractivity contribution is -0.123. The lowest BCUT2D eigenvalue weighted by Gasteiger charge is -2.30. The van der Waals surface area contributed by atoms with Crippen LogP contribution in [-0.2, 0) is 10.5 Å². The maximum absolute atomic E-state index is 13.4. The van der Waals surface area contributed by atoms with Crippen LogP contribution in [0.3, 0.4) is 0 Å². The largest absolute Gasteiger partial charge is 0.392 e. The minimum Gasteiger partial charge on any atom is -0.392 e. The average Bonchev–Trinajstić information content (AvgIpc) is 2.68. The van der Waals surface area contributed by atoms with E-state index >= 15 is 0 Å². The van der Waals surface area contributed by atoms with Gasteiger partial charge in [0, 0.05) is 0 Å². The molecule has 3 atom stereocenters. The lowest BCUT2D eigenvalue weighted by Crippen LogP contribution is -2.55. The highest BCUT2D eigenvalue weighted by Crippen LogP contribution is 2.35. The first-order valence-corrected chi connectivity index (χ1v) is 5.49. The third-order valence-corrected chi connectivity index (χ3v) is 3.23. The van der Waals surface area contributed by atoms with Gasteiger partial charge in [-0.2, -0.15) is 4.98 Å². The van der Waals surface area contributed by atoms with E-state index in [-0.39, 0.29) is 0 Å². The van der Waals surface area contributed by atoms with Crippen LogP contribution in [0.5, 0.6) is 0 Å². The summed E-state index contributed by atoms with van der Waals surface area (Å²) >= 11 is 0. The van der Waals surface area contributed by atoms with Gasteiger partial charge >= 0.3 is 5.69 Å². The quantitative estimate of drug-likeness (QED) is 0.437. The molecule has 0 aromatic carbocycles. The molecule has 5 N–H and O–H groups in total. The van der Waals surface area contributed by atoms with E-state index in [9.17, 15) is 24.5 Å². The molecule has 108 valence electrons. The highest BCUT2D eigenvalue weighted by molar-refractivity contribution is 5.27. The van der Waals surface area contributed by atoms with Gasteiger partial charge in [-0.15, -0.1) is 6.42 Å². The molecule has 9 heteroatoms. The first-order chi connectivity index (χ1) is 9.30. The molecule has 0 saturated carbocycles. The zero-order valence-corrected chi connectivity index (χ0v) is 10.2. The van der Waals surface area contributed by atoms with Crippen molar-refractivity contribution >= 4 is 5.82 Å².